The smallest absolute Gasteiger partial charge is 2.00 e. The summed E-state index contributed by atoms with van der Waals surface area (Å²) in [4.78, 5) is 11.0. The number of carbonyl (C=O) groups is 1. The van der Waals surface area contributed by atoms with E-state index in [9.17, 15) is 4.79 Å². The quantitative estimate of drug-likeness (QED) is 0.222. The zero-order valence-corrected chi connectivity index (χ0v) is 14.1. The van der Waals surface area contributed by atoms with Gasteiger partial charge >= 0.3 is 40.7 Å². The summed E-state index contributed by atoms with van der Waals surface area (Å²) in [6.45, 7) is 5.85. The first-order valence-corrected chi connectivity index (χ1v) is 5.48. The van der Waals surface area contributed by atoms with Gasteiger partial charge in [0.15, 0.2) is 0 Å². The Kier molecular flexibility index (Phi) is 49.6. The molecule has 0 bridgehead atoms. The molecule has 0 aromatic heterocycles. The van der Waals surface area contributed by atoms with Gasteiger partial charge in [-0.3, -0.25) is 0 Å². The van der Waals surface area contributed by atoms with Gasteiger partial charge in [0.1, 0.15) is 11.6 Å². The molecule has 6 nitrogen and oxygen atoms in total. The average Bonchev–Trinajstić information content (AvgIpc) is 2.26. The van der Waals surface area contributed by atoms with Gasteiger partial charge in [-0.15, -0.1) is 0 Å². The van der Waals surface area contributed by atoms with Crippen molar-refractivity contribution in [1.82, 2.24) is 0 Å². The van der Waals surface area contributed by atoms with Crippen LogP contribution in [-0.4, -0.2) is 47.3 Å². The fourth-order valence-electron chi connectivity index (χ4n) is 1.18. The minimum atomic E-state index is -0.592. The van der Waals surface area contributed by atoms with Crippen LogP contribution in [0, 0.1) is 11.3 Å². The van der Waals surface area contributed by atoms with Crippen LogP contribution in [0.4, 0.5) is 0 Å². The zero-order valence-electron chi connectivity index (χ0n) is 11.8. The molecule has 0 saturated heterocycles. The monoisotopic (exact) mass is 311 g/mol. The van der Waals surface area contributed by atoms with E-state index in [2.05, 4.69) is 13.5 Å². The molecule has 0 aromatic carbocycles. The maximum atomic E-state index is 11.0. The van der Waals surface area contributed by atoms with Crippen molar-refractivity contribution in [2.24, 2.45) is 0 Å². The van der Waals surface area contributed by atoms with Crippen LogP contribution in [0.25, 0.3) is 0 Å². The van der Waals surface area contributed by atoms with Gasteiger partial charge in [-0.05, 0) is 6.42 Å². The molecule has 0 spiro atoms. The van der Waals surface area contributed by atoms with E-state index < -0.39 is 5.97 Å². The van der Waals surface area contributed by atoms with Crippen LogP contribution in [0.5, 0.6) is 0 Å². The fourth-order valence-corrected chi connectivity index (χ4v) is 1.18. The van der Waals surface area contributed by atoms with Gasteiger partial charge in [0.25, 0.3) is 0 Å². The van der Waals surface area contributed by atoms with Crippen LogP contribution >= 0.6 is 0 Å². The molecule has 0 heterocycles. The summed E-state index contributed by atoms with van der Waals surface area (Å²) in [6, 6.07) is 1.66. The van der Waals surface area contributed by atoms with Crippen LogP contribution in [0.1, 0.15) is 45.4 Å². The van der Waals surface area contributed by atoms with Crippen molar-refractivity contribution in [3.8, 4) is 6.07 Å². The maximum absolute atomic E-state index is 11.0. The van der Waals surface area contributed by atoms with Gasteiger partial charge in [0.2, 0.25) is 0 Å². The maximum Gasteiger partial charge on any atom is 3.00 e. The topological polar surface area (TPSA) is 136 Å². The number of esters is 1. The van der Waals surface area contributed by atoms with E-state index in [1.807, 2.05) is 0 Å². The van der Waals surface area contributed by atoms with Gasteiger partial charge in [-0.2, -0.15) is 5.26 Å². The van der Waals surface area contributed by atoms with Crippen molar-refractivity contribution in [3.63, 3.8) is 0 Å². The summed E-state index contributed by atoms with van der Waals surface area (Å²) in [5.41, 5.74) is -0.124. The molecular formula is C12H19Al2NO5. The Morgan fingerprint density at radius 3 is 1.95 bits per heavy atom. The molecule has 0 unspecified atom stereocenters. The molecule has 0 radical (unpaired) electrons. The second kappa shape index (κ2) is 27.1. The number of nitrogens with zero attached hydrogens (tertiary/aromatic N) is 1. The van der Waals surface area contributed by atoms with Gasteiger partial charge in [-0.1, -0.05) is 45.6 Å². The van der Waals surface area contributed by atoms with Crippen molar-refractivity contribution in [2.75, 3.05) is 6.61 Å². The molecule has 0 aliphatic heterocycles. The van der Waals surface area contributed by atoms with Crippen LogP contribution in [0.2, 0.25) is 0 Å². The van der Waals surface area contributed by atoms with E-state index >= 15 is 0 Å². The Morgan fingerprint density at radius 2 is 1.50 bits per heavy atom. The van der Waals surface area contributed by atoms with Gasteiger partial charge < -0.3 is 21.2 Å². The molecule has 0 N–H and O–H groups in total. The molecular weight excluding hydrogens is 292 g/mol. The summed E-state index contributed by atoms with van der Waals surface area (Å²) in [5, 5.41) is 8.35. The minimum absolute atomic E-state index is 0. The van der Waals surface area contributed by atoms with E-state index in [1.165, 1.54) is 25.7 Å². The number of rotatable bonds is 8. The molecule has 0 aromatic rings. The van der Waals surface area contributed by atoms with Crippen molar-refractivity contribution >= 4 is 40.7 Å². The first-order chi connectivity index (χ1) is 7.22. The number of unbranched alkanes of at least 4 members (excludes halogenated alkanes) is 5. The molecule has 0 saturated carbocycles. The van der Waals surface area contributed by atoms with Gasteiger partial charge in [0.05, 0.1) is 6.61 Å². The van der Waals surface area contributed by atoms with Crippen molar-refractivity contribution < 1.29 is 26.0 Å². The van der Waals surface area contributed by atoms with Crippen molar-refractivity contribution in [1.29, 1.82) is 5.26 Å². The Hall–Kier alpha value is -0.355. The number of ether oxygens (including phenoxy) is 1. The molecule has 0 fully saturated rings. The third-order valence-corrected chi connectivity index (χ3v) is 2.11. The minimum Gasteiger partial charge on any atom is -2.00 e. The summed E-state index contributed by atoms with van der Waals surface area (Å²) in [5.74, 6) is -0.592. The van der Waals surface area contributed by atoms with Crippen LogP contribution < -0.4 is 0 Å². The number of nitriles is 1. The van der Waals surface area contributed by atoms with Crippen LogP contribution in [0.15, 0.2) is 12.2 Å². The predicted molar refractivity (Wildman–Crippen MR) is 72.7 cm³/mol. The van der Waals surface area contributed by atoms with Crippen molar-refractivity contribution in [3.05, 3.63) is 12.2 Å². The second-order valence-electron chi connectivity index (χ2n) is 3.49. The SMILES string of the molecule is C=C(C#N)C(=O)OCCCCCCCC.[Al+3].[Al+3].[O-2].[O-2].[O-2]. The van der Waals surface area contributed by atoms with Gasteiger partial charge in [-0.25, -0.2) is 4.79 Å². The number of hydrogen-bond donors (Lipinski definition) is 0. The molecule has 0 atom stereocenters. The zero-order chi connectivity index (χ0) is 11.5. The first kappa shape index (κ1) is 36.7. The summed E-state index contributed by atoms with van der Waals surface area (Å²) < 4.78 is 4.84. The largest absolute Gasteiger partial charge is 3.00 e. The average molecular weight is 311 g/mol. The Balaban J connectivity index is -0.0000000980. The number of hydrogen-bond acceptors (Lipinski definition) is 3. The van der Waals surface area contributed by atoms with Crippen LogP contribution in [0.3, 0.4) is 0 Å². The second-order valence-corrected chi connectivity index (χ2v) is 3.49. The number of carbonyl (C=O) groups excluding carboxylic acids is 1. The van der Waals surface area contributed by atoms with Crippen LogP contribution in [-0.2, 0) is 26.0 Å². The van der Waals surface area contributed by atoms with E-state index in [0.29, 0.717) is 6.61 Å². The fraction of sp³-hybridized carbons (Fsp3) is 0.667. The molecule has 0 aliphatic rings. The molecule has 0 rings (SSSR count). The Morgan fingerprint density at radius 1 is 1.05 bits per heavy atom. The molecule has 108 valence electrons. The van der Waals surface area contributed by atoms with E-state index in [0.717, 1.165) is 12.8 Å². The summed E-state index contributed by atoms with van der Waals surface area (Å²) >= 11 is 0. The molecule has 8 heteroatoms. The summed E-state index contributed by atoms with van der Waals surface area (Å²) in [6.07, 6.45) is 6.88. The standard InChI is InChI=1S/C12H19NO2.2Al.3O/c1-3-4-5-6-7-8-9-15-12(14)11(2)10-13;;;;;/h2-9H2,1H3;;;;;/q;2*+3;3*-2. The molecule has 20 heavy (non-hydrogen) atoms. The first-order valence-electron chi connectivity index (χ1n) is 5.48. The summed E-state index contributed by atoms with van der Waals surface area (Å²) in [7, 11) is 0. The third-order valence-electron chi connectivity index (χ3n) is 2.11. The van der Waals surface area contributed by atoms with E-state index in [1.54, 1.807) is 6.07 Å². The van der Waals surface area contributed by atoms with E-state index in [-0.39, 0.29) is 56.7 Å². The molecule has 0 aliphatic carbocycles. The normalized spacial score (nSPS) is 7.00. The molecule has 0 amide bonds. The van der Waals surface area contributed by atoms with E-state index in [4.69, 9.17) is 10.00 Å². The van der Waals surface area contributed by atoms with Gasteiger partial charge in [0, 0.05) is 0 Å². The third kappa shape index (κ3) is 22.8. The van der Waals surface area contributed by atoms with Crippen molar-refractivity contribution in [2.45, 2.75) is 45.4 Å². The Labute approximate surface area is 142 Å². The Bertz CT molecular complexity index is 257. The predicted octanol–water partition coefficient (Wildman–Crippen LogP) is 1.85.